The van der Waals surface area contributed by atoms with Crippen LogP contribution in [0.15, 0.2) is 54.0 Å². The number of aliphatic carboxylic acids is 1. The third kappa shape index (κ3) is 8.97. The van der Waals surface area contributed by atoms with E-state index in [0.29, 0.717) is 43.7 Å². The number of epoxide rings is 1. The first-order chi connectivity index (χ1) is 20.1. The number of benzene rings is 1. The van der Waals surface area contributed by atoms with Gasteiger partial charge >= 0.3 is 5.97 Å². The van der Waals surface area contributed by atoms with Crippen LogP contribution in [0.2, 0.25) is 0 Å². The second kappa shape index (κ2) is 15.1. The largest absolute Gasteiger partial charge is 0.494 e. The fourth-order valence-electron chi connectivity index (χ4n) is 6.34. The van der Waals surface area contributed by atoms with Crippen molar-refractivity contribution in [2.24, 2.45) is 11.8 Å². The summed E-state index contributed by atoms with van der Waals surface area (Å²) < 4.78 is 35.5. The molecular weight excluding hydrogens is 524 g/mol. The number of hydrogen-bond donors (Lipinski definition) is 1. The second-order valence-corrected chi connectivity index (χ2v) is 11.8. The highest BCUT2D eigenvalue weighted by Crippen LogP contribution is 2.46. The van der Waals surface area contributed by atoms with E-state index in [9.17, 15) is 9.90 Å². The van der Waals surface area contributed by atoms with Crippen LogP contribution in [0.1, 0.15) is 83.5 Å². The molecule has 8 heteroatoms. The van der Waals surface area contributed by atoms with Gasteiger partial charge in [-0.1, -0.05) is 30.4 Å². The maximum atomic E-state index is 12.3. The van der Waals surface area contributed by atoms with Crippen molar-refractivity contribution in [2.75, 3.05) is 19.8 Å². The van der Waals surface area contributed by atoms with Gasteiger partial charge in [0.1, 0.15) is 5.75 Å². The summed E-state index contributed by atoms with van der Waals surface area (Å²) in [5, 5.41) is 10.1. The third-order valence-corrected chi connectivity index (χ3v) is 8.72. The summed E-state index contributed by atoms with van der Waals surface area (Å²) in [6, 6.07) is 9.96. The number of unbranched alkanes of at least 4 members (excludes halogenated alkanes) is 1. The Kier molecular flexibility index (Phi) is 11.0. The normalized spacial score (nSPS) is 30.4. The average molecular weight is 571 g/mol. The summed E-state index contributed by atoms with van der Waals surface area (Å²) in [6.07, 6.45) is 11.0. The Bertz CT molecular complexity index is 1010. The predicted molar refractivity (Wildman–Crippen MR) is 153 cm³/mol. The SMILES string of the molecule is C=C1CC[C@H](CCCCOc2ccccc2)[C@H]1C[C@H]1OC1CC(OC1CCCCO1)=C(OC1CCCCO1)C(=O)O. The average Bonchev–Trinajstić information content (AvgIpc) is 3.64. The maximum Gasteiger partial charge on any atom is 0.374 e. The van der Waals surface area contributed by atoms with Gasteiger partial charge in [-0.15, -0.1) is 0 Å². The first-order valence-corrected chi connectivity index (χ1v) is 15.6. The van der Waals surface area contributed by atoms with Crippen molar-refractivity contribution in [3.63, 3.8) is 0 Å². The van der Waals surface area contributed by atoms with E-state index in [-0.39, 0.29) is 18.0 Å². The molecule has 6 atom stereocenters. The van der Waals surface area contributed by atoms with Crippen molar-refractivity contribution < 1.29 is 38.3 Å². The Labute approximate surface area is 244 Å². The molecule has 4 aliphatic rings. The summed E-state index contributed by atoms with van der Waals surface area (Å²) in [4.78, 5) is 12.3. The Balaban J connectivity index is 1.14. The van der Waals surface area contributed by atoms with E-state index in [1.165, 1.54) is 12.0 Å². The monoisotopic (exact) mass is 570 g/mol. The molecule has 0 spiro atoms. The Morgan fingerprint density at radius 3 is 2.34 bits per heavy atom. The van der Waals surface area contributed by atoms with Gasteiger partial charge in [-0.25, -0.2) is 4.79 Å². The zero-order chi connectivity index (χ0) is 28.4. The molecule has 1 aromatic rings. The molecule has 1 N–H and O–H groups in total. The van der Waals surface area contributed by atoms with E-state index < -0.39 is 18.5 Å². The van der Waals surface area contributed by atoms with Gasteiger partial charge < -0.3 is 33.5 Å². The van der Waals surface area contributed by atoms with Crippen LogP contribution in [0.25, 0.3) is 0 Å². The molecule has 41 heavy (non-hydrogen) atoms. The third-order valence-electron chi connectivity index (χ3n) is 8.72. The Morgan fingerprint density at radius 1 is 0.927 bits per heavy atom. The lowest BCUT2D eigenvalue weighted by Crippen LogP contribution is -2.28. The number of ether oxygens (including phenoxy) is 6. The number of carboxylic acid groups (broad SMARTS) is 1. The molecule has 8 nitrogen and oxygen atoms in total. The molecule has 1 aliphatic carbocycles. The predicted octanol–water partition coefficient (Wildman–Crippen LogP) is 6.75. The lowest BCUT2D eigenvalue weighted by Gasteiger charge is -2.27. The van der Waals surface area contributed by atoms with Gasteiger partial charge in [0.05, 0.1) is 32.0 Å². The van der Waals surface area contributed by atoms with Gasteiger partial charge in [-0.3, -0.25) is 0 Å². The summed E-state index contributed by atoms with van der Waals surface area (Å²) in [6.45, 7) is 6.30. The number of hydrogen-bond acceptors (Lipinski definition) is 7. The van der Waals surface area contributed by atoms with Crippen LogP contribution in [-0.2, 0) is 28.5 Å². The van der Waals surface area contributed by atoms with Crippen LogP contribution in [0.4, 0.5) is 0 Å². The topological polar surface area (TPSA) is 96.0 Å². The lowest BCUT2D eigenvalue weighted by atomic mass is 9.85. The van der Waals surface area contributed by atoms with Crippen molar-refractivity contribution in [2.45, 2.75) is 108 Å². The zero-order valence-electron chi connectivity index (χ0n) is 24.2. The van der Waals surface area contributed by atoms with Gasteiger partial charge in [-0.05, 0) is 88.2 Å². The molecular formula is C33H46O8. The second-order valence-electron chi connectivity index (χ2n) is 11.8. The lowest BCUT2D eigenvalue weighted by molar-refractivity contribution is -0.170. The standard InChI is InChI=1S/C33H46O8/c1-23-16-17-24(11-5-8-18-36-25-12-3-2-4-13-25)26(23)21-27-28(39-27)22-29(40-30-14-6-9-19-37-30)32(33(34)35)41-31-15-7-10-20-38-31/h2-4,12-13,24,26-28,30-31H,1,5-11,14-22H2,(H,34,35)/t24-,26-,27+,28?,30?,31?/m0/s1. The van der Waals surface area contributed by atoms with Gasteiger partial charge in [0.2, 0.25) is 5.76 Å². The van der Waals surface area contributed by atoms with Crippen molar-refractivity contribution in [1.29, 1.82) is 0 Å². The molecule has 0 bridgehead atoms. The summed E-state index contributed by atoms with van der Waals surface area (Å²) in [5.41, 5.74) is 1.32. The van der Waals surface area contributed by atoms with E-state index in [2.05, 4.69) is 6.58 Å². The molecule has 1 aromatic carbocycles. The van der Waals surface area contributed by atoms with Crippen LogP contribution < -0.4 is 4.74 Å². The fraction of sp³-hybridized carbons (Fsp3) is 0.667. The molecule has 5 rings (SSSR count). The van der Waals surface area contributed by atoms with Crippen LogP contribution in [-0.4, -0.2) is 55.7 Å². The molecule has 3 saturated heterocycles. The Morgan fingerprint density at radius 2 is 1.66 bits per heavy atom. The number of para-hydroxylation sites is 1. The van der Waals surface area contributed by atoms with Crippen LogP contribution in [0.5, 0.6) is 5.75 Å². The Hall–Kier alpha value is -2.55. The molecule has 0 aromatic heterocycles. The van der Waals surface area contributed by atoms with Crippen LogP contribution in [0, 0.1) is 11.8 Å². The molecule has 3 unspecified atom stereocenters. The van der Waals surface area contributed by atoms with Gasteiger partial charge in [0.25, 0.3) is 0 Å². The highest BCUT2D eigenvalue weighted by molar-refractivity contribution is 5.84. The number of carboxylic acids is 1. The molecule has 3 aliphatic heterocycles. The highest BCUT2D eigenvalue weighted by Gasteiger charge is 2.45. The molecule has 3 heterocycles. The maximum absolute atomic E-state index is 12.3. The van der Waals surface area contributed by atoms with Crippen molar-refractivity contribution in [3.8, 4) is 5.75 Å². The number of carbonyl (C=O) groups is 1. The van der Waals surface area contributed by atoms with Crippen LogP contribution in [0.3, 0.4) is 0 Å². The van der Waals surface area contributed by atoms with Crippen molar-refractivity contribution in [3.05, 3.63) is 54.0 Å². The van der Waals surface area contributed by atoms with E-state index in [4.69, 9.17) is 28.4 Å². The highest BCUT2D eigenvalue weighted by atomic mass is 16.7. The summed E-state index contributed by atoms with van der Waals surface area (Å²) in [5.74, 6) is 0.926. The van der Waals surface area contributed by atoms with E-state index in [1.54, 1.807) is 0 Å². The van der Waals surface area contributed by atoms with E-state index in [1.807, 2.05) is 30.3 Å². The minimum atomic E-state index is -1.15. The molecule has 4 fully saturated rings. The zero-order valence-corrected chi connectivity index (χ0v) is 24.2. The quantitative estimate of drug-likeness (QED) is 0.0814. The van der Waals surface area contributed by atoms with Gasteiger partial charge in [0, 0.05) is 19.3 Å². The first-order valence-electron chi connectivity index (χ1n) is 15.6. The van der Waals surface area contributed by atoms with E-state index in [0.717, 1.165) is 76.6 Å². The molecule has 226 valence electrons. The smallest absolute Gasteiger partial charge is 0.374 e. The van der Waals surface area contributed by atoms with Crippen LogP contribution >= 0.6 is 0 Å². The summed E-state index contributed by atoms with van der Waals surface area (Å²) >= 11 is 0. The van der Waals surface area contributed by atoms with E-state index >= 15 is 0 Å². The van der Waals surface area contributed by atoms with Gasteiger partial charge in [-0.2, -0.15) is 0 Å². The van der Waals surface area contributed by atoms with Crippen molar-refractivity contribution in [1.82, 2.24) is 0 Å². The first kappa shape index (κ1) is 29.9. The molecule has 0 radical (unpaired) electrons. The molecule has 1 saturated carbocycles. The summed E-state index contributed by atoms with van der Waals surface area (Å²) in [7, 11) is 0. The molecule has 0 amide bonds. The van der Waals surface area contributed by atoms with Crippen molar-refractivity contribution >= 4 is 5.97 Å². The minimum absolute atomic E-state index is 0.0608. The number of allylic oxidation sites excluding steroid dienone is 1. The number of rotatable bonds is 15. The van der Waals surface area contributed by atoms with Gasteiger partial charge in [0.15, 0.2) is 18.3 Å². The minimum Gasteiger partial charge on any atom is -0.494 e. The fourth-order valence-corrected chi connectivity index (χ4v) is 6.34.